The SMILES string of the molecule is CCCNC(C#N)(CN(C)CC)c1ccccc1. The average molecular weight is 245 g/mol. The van der Waals surface area contributed by atoms with E-state index in [1.54, 1.807) is 0 Å². The van der Waals surface area contributed by atoms with Gasteiger partial charge in [-0.1, -0.05) is 44.2 Å². The molecule has 0 bridgehead atoms. The van der Waals surface area contributed by atoms with E-state index < -0.39 is 5.54 Å². The molecule has 0 aliphatic rings. The largest absolute Gasteiger partial charge is 0.303 e. The fourth-order valence-corrected chi connectivity index (χ4v) is 1.97. The standard InChI is InChI=1S/C15H23N3/c1-4-11-17-15(12-16,13-18(3)5-2)14-9-7-6-8-10-14/h6-10,17H,4-5,11,13H2,1-3H3. The Morgan fingerprint density at radius 3 is 2.44 bits per heavy atom. The van der Waals surface area contributed by atoms with Gasteiger partial charge in [-0.15, -0.1) is 0 Å². The zero-order valence-electron chi connectivity index (χ0n) is 11.6. The molecule has 1 aromatic carbocycles. The lowest BCUT2D eigenvalue weighted by Gasteiger charge is -2.32. The van der Waals surface area contributed by atoms with Crippen molar-refractivity contribution in [3.8, 4) is 6.07 Å². The Hall–Kier alpha value is -1.37. The summed E-state index contributed by atoms with van der Waals surface area (Å²) < 4.78 is 0. The maximum Gasteiger partial charge on any atom is 0.145 e. The molecule has 0 heterocycles. The second kappa shape index (κ2) is 7.15. The average Bonchev–Trinajstić information content (AvgIpc) is 2.44. The third-order valence-electron chi connectivity index (χ3n) is 3.18. The Bertz CT molecular complexity index is 382. The van der Waals surface area contributed by atoms with Gasteiger partial charge in [-0.2, -0.15) is 5.26 Å². The lowest BCUT2D eigenvalue weighted by atomic mass is 9.90. The minimum atomic E-state index is -0.609. The molecule has 1 N–H and O–H groups in total. The van der Waals surface area contributed by atoms with Gasteiger partial charge < -0.3 is 4.90 Å². The topological polar surface area (TPSA) is 39.1 Å². The molecule has 0 radical (unpaired) electrons. The molecule has 18 heavy (non-hydrogen) atoms. The number of nitriles is 1. The van der Waals surface area contributed by atoms with Crippen molar-refractivity contribution in [3.05, 3.63) is 35.9 Å². The monoisotopic (exact) mass is 245 g/mol. The van der Waals surface area contributed by atoms with E-state index in [4.69, 9.17) is 0 Å². The smallest absolute Gasteiger partial charge is 0.145 e. The first-order valence-electron chi connectivity index (χ1n) is 6.59. The summed E-state index contributed by atoms with van der Waals surface area (Å²) in [7, 11) is 2.04. The Morgan fingerprint density at radius 1 is 1.28 bits per heavy atom. The molecular weight excluding hydrogens is 222 g/mol. The first-order valence-corrected chi connectivity index (χ1v) is 6.59. The van der Waals surface area contributed by atoms with Crippen LogP contribution in [-0.4, -0.2) is 31.6 Å². The molecule has 98 valence electrons. The summed E-state index contributed by atoms with van der Waals surface area (Å²) in [5.74, 6) is 0. The predicted molar refractivity (Wildman–Crippen MR) is 75.2 cm³/mol. The molecule has 0 fully saturated rings. The fourth-order valence-electron chi connectivity index (χ4n) is 1.97. The quantitative estimate of drug-likeness (QED) is 0.801. The normalized spacial score (nSPS) is 14.2. The highest BCUT2D eigenvalue weighted by Crippen LogP contribution is 2.21. The van der Waals surface area contributed by atoms with Crippen LogP contribution in [0.25, 0.3) is 0 Å². The van der Waals surface area contributed by atoms with Crippen molar-refractivity contribution in [2.75, 3.05) is 26.7 Å². The van der Waals surface area contributed by atoms with Crippen LogP contribution in [0.2, 0.25) is 0 Å². The summed E-state index contributed by atoms with van der Waals surface area (Å²) in [5.41, 5.74) is 0.434. The summed E-state index contributed by atoms with van der Waals surface area (Å²) in [4.78, 5) is 2.17. The summed E-state index contributed by atoms with van der Waals surface area (Å²) in [6.07, 6.45) is 1.02. The Morgan fingerprint density at radius 2 is 1.94 bits per heavy atom. The third kappa shape index (κ3) is 3.56. The van der Waals surface area contributed by atoms with Crippen molar-refractivity contribution in [1.82, 2.24) is 10.2 Å². The number of benzene rings is 1. The van der Waals surface area contributed by atoms with Gasteiger partial charge in [0.25, 0.3) is 0 Å². The van der Waals surface area contributed by atoms with Crippen molar-refractivity contribution in [2.45, 2.75) is 25.8 Å². The Kier molecular flexibility index (Phi) is 5.84. The number of hydrogen-bond acceptors (Lipinski definition) is 3. The highest BCUT2D eigenvalue weighted by atomic mass is 15.1. The van der Waals surface area contributed by atoms with Gasteiger partial charge in [-0.3, -0.25) is 5.32 Å². The molecule has 3 heteroatoms. The van der Waals surface area contributed by atoms with E-state index in [1.807, 2.05) is 37.4 Å². The van der Waals surface area contributed by atoms with Crippen LogP contribution in [0, 0.1) is 11.3 Å². The van der Waals surface area contributed by atoms with Crippen molar-refractivity contribution in [1.29, 1.82) is 5.26 Å². The van der Waals surface area contributed by atoms with Gasteiger partial charge >= 0.3 is 0 Å². The minimum Gasteiger partial charge on any atom is -0.303 e. The minimum absolute atomic E-state index is 0.609. The molecule has 0 saturated heterocycles. The highest BCUT2D eigenvalue weighted by molar-refractivity contribution is 5.32. The lowest BCUT2D eigenvalue weighted by Crippen LogP contribution is -2.49. The van der Waals surface area contributed by atoms with Crippen LogP contribution < -0.4 is 5.32 Å². The summed E-state index contributed by atoms with van der Waals surface area (Å²) in [6, 6.07) is 12.5. The van der Waals surface area contributed by atoms with Crippen LogP contribution in [0.15, 0.2) is 30.3 Å². The molecule has 0 aliphatic heterocycles. The van der Waals surface area contributed by atoms with Crippen LogP contribution in [0.3, 0.4) is 0 Å². The van der Waals surface area contributed by atoms with Crippen molar-refractivity contribution in [2.24, 2.45) is 0 Å². The lowest BCUT2D eigenvalue weighted by molar-refractivity contribution is 0.259. The van der Waals surface area contributed by atoms with E-state index in [9.17, 15) is 5.26 Å². The maximum atomic E-state index is 9.66. The second-order valence-electron chi connectivity index (χ2n) is 4.64. The van der Waals surface area contributed by atoms with E-state index in [-0.39, 0.29) is 0 Å². The van der Waals surface area contributed by atoms with Crippen LogP contribution >= 0.6 is 0 Å². The van der Waals surface area contributed by atoms with Gasteiger partial charge in [-0.25, -0.2) is 0 Å². The maximum absolute atomic E-state index is 9.66. The first-order chi connectivity index (χ1) is 8.68. The van der Waals surface area contributed by atoms with Gasteiger partial charge in [0.05, 0.1) is 6.07 Å². The summed E-state index contributed by atoms with van der Waals surface area (Å²) >= 11 is 0. The first kappa shape index (κ1) is 14.7. The van der Waals surface area contributed by atoms with Crippen LogP contribution in [0.1, 0.15) is 25.8 Å². The number of nitrogens with zero attached hydrogens (tertiary/aromatic N) is 2. The number of rotatable bonds is 7. The van der Waals surface area contributed by atoms with E-state index >= 15 is 0 Å². The Balaban J connectivity index is 3.02. The fraction of sp³-hybridized carbons (Fsp3) is 0.533. The van der Waals surface area contributed by atoms with E-state index in [2.05, 4.69) is 30.1 Å². The van der Waals surface area contributed by atoms with Crippen molar-refractivity contribution in [3.63, 3.8) is 0 Å². The molecule has 3 nitrogen and oxygen atoms in total. The molecule has 0 amide bonds. The van der Waals surface area contributed by atoms with E-state index in [1.165, 1.54) is 0 Å². The molecular formula is C15H23N3. The van der Waals surface area contributed by atoms with Crippen LogP contribution in [0.4, 0.5) is 0 Å². The zero-order valence-corrected chi connectivity index (χ0v) is 11.6. The molecule has 1 aromatic rings. The molecule has 0 spiro atoms. The number of likely N-dealkylation sites (N-methyl/N-ethyl adjacent to an activating group) is 1. The van der Waals surface area contributed by atoms with Crippen LogP contribution in [-0.2, 0) is 5.54 Å². The van der Waals surface area contributed by atoms with Gasteiger partial charge in [0.1, 0.15) is 5.54 Å². The third-order valence-corrected chi connectivity index (χ3v) is 3.18. The summed E-state index contributed by atoms with van der Waals surface area (Å²) in [5, 5.41) is 13.1. The number of hydrogen-bond donors (Lipinski definition) is 1. The van der Waals surface area contributed by atoms with Crippen LogP contribution in [0.5, 0.6) is 0 Å². The van der Waals surface area contributed by atoms with Gasteiger partial charge in [-0.05, 0) is 32.1 Å². The van der Waals surface area contributed by atoms with Gasteiger partial charge in [0, 0.05) is 6.54 Å². The molecule has 0 aliphatic carbocycles. The molecule has 1 rings (SSSR count). The predicted octanol–water partition coefficient (Wildman–Crippen LogP) is 2.36. The highest BCUT2D eigenvalue weighted by Gasteiger charge is 2.32. The molecule has 0 saturated carbocycles. The van der Waals surface area contributed by atoms with Gasteiger partial charge in [0.2, 0.25) is 0 Å². The molecule has 0 aromatic heterocycles. The van der Waals surface area contributed by atoms with Crippen molar-refractivity contribution < 1.29 is 0 Å². The number of nitrogens with one attached hydrogen (secondary N) is 1. The second-order valence-corrected chi connectivity index (χ2v) is 4.64. The van der Waals surface area contributed by atoms with E-state index in [0.29, 0.717) is 6.54 Å². The Labute approximate surface area is 110 Å². The van der Waals surface area contributed by atoms with Gasteiger partial charge in [0.15, 0.2) is 0 Å². The van der Waals surface area contributed by atoms with Crippen molar-refractivity contribution >= 4 is 0 Å². The molecule has 1 unspecified atom stereocenters. The van der Waals surface area contributed by atoms with E-state index in [0.717, 1.165) is 25.1 Å². The zero-order chi connectivity index (χ0) is 13.4. The molecule has 1 atom stereocenters. The summed E-state index contributed by atoms with van der Waals surface area (Å²) in [6.45, 7) is 6.70.